The second kappa shape index (κ2) is 6.95. The lowest BCUT2D eigenvalue weighted by molar-refractivity contribution is 0.0702. The van der Waals surface area contributed by atoms with Crippen molar-refractivity contribution in [2.45, 2.75) is 58.4 Å². The zero-order valence-electron chi connectivity index (χ0n) is 14.5. The number of likely N-dealkylation sites (tertiary alicyclic amines) is 1. The van der Waals surface area contributed by atoms with Gasteiger partial charge in [-0.05, 0) is 51.0 Å². The van der Waals surface area contributed by atoms with E-state index in [4.69, 9.17) is 0 Å². The predicted octanol–water partition coefficient (Wildman–Crippen LogP) is 2.51. The maximum absolute atomic E-state index is 12.8. The fourth-order valence-electron chi connectivity index (χ4n) is 3.20. The van der Waals surface area contributed by atoms with Crippen LogP contribution in [0.1, 0.15) is 67.3 Å². The van der Waals surface area contributed by atoms with Gasteiger partial charge in [0, 0.05) is 25.3 Å². The monoisotopic (exact) mass is 316 g/mol. The number of hydrogen-bond donors (Lipinski definition) is 1. The standard InChI is InChI=1S/C18H28N4O/c1-12(2)17-16(11-19-13(3)21-17)18(23)22-8-6-15(7-9-22)20-10-14-4-5-14/h11-12,14-15,20H,4-10H2,1-3H3. The van der Waals surface area contributed by atoms with Gasteiger partial charge in [0.15, 0.2) is 0 Å². The van der Waals surface area contributed by atoms with Gasteiger partial charge in [-0.2, -0.15) is 0 Å². The number of hydrogen-bond acceptors (Lipinski definition) is 4. The van der Waals surface area contributed by atoms with E-state index in [9.17, 15) is 4.79 Å². The van der Waals surface area contributed by atoms with Crippen molar-refractivity contribution in [2.24, 2.45) is 5.92 Å². The summed E-state index contributed by atoms with van der Waals surface area (Å²) in [6, 6.07) is 0.568. The van der Waals surface area contributed by atoms with E-state index in [0.29, 0.717) is 11.6 Å². The highest BCUT2D eigenvalue weighted by Gasteiger charge is 2.28. The van der Waals surface area contributed by atoms with Crippen LogP contribution in [0.5, 0.6) is 0 Å². The van der Waals surface area contributed by atoms with E-state index >= 15 is 0 Å². The van der Waals surface area contributed by atoms with Crippen molar-refractivity contribution in [3.63, 3.8) is 0 Å². The summed E-state index contributed by atoms with van der Waals surface area (Å²) in [5.41, 5.74) is 1.55. The Morgan fingerprint density at radius 1 is 1.30 bits per heavy atom. The maximum atomic E-state index is 12.8. The van der Waals surface area contributed by atoms with Crippen molar-refractivity contribution in [3.05, 3.63) is 23.3 Å². The van der Waals surface area contributed by atoms with Crippen LogP contribution in [0, 0.1) is 12.8 Å². The first-order valence-electron chi connectivity index (χ1n) is 8.90. The molecule has 1 N–H and O–H groups in total. The first kappa shape index (κ1) is 16.4. The molecule has 0 aromatic carbocycles. The summed E-state index contributed by atoms with van der Waals surface area (Å²) in [5.74, 6) is 1.96. The SMILES string of the molecule is Cc1ncc(C(=O)N2CCC(NCC3CC3)CC2)c(C(C)C)n1. The maximum Gasteiger partial charge on any atom is 0.257 e. The lowest BCUT2D eigenvalue weighted by Crippen LogP contribution is -2.45. The molecule has 23 heavy (non-hydrogen) atoms. The number of aromatic nitrogens is 2. The van der Waals surface area contributed by atoms with Crippen LogP contribution < -0.4 is 5.32 Å². The molecule has 1 aliphatic heterocycles. The van der Waals surface area contributed by atoms with E-state index in [-0.39, 0.29) is 11.8 Å². The largest absolute Gasteiger partial charge is 0.338 e. The number of piperidine rings is 1. The second-order valence-corrected chi connectivity index (χ2v) is 7.29. The molecule has 0 radical (unpaired) electrons. The predicted molar refractivity (Wildman–Crippen MR) is 90.5 cm³/mol. The molecule has 2 heterocycles. The molecule has 1 saturated heterocycles. The van der Waals surface area contributed by atoms with Gasteiger partial charge in [-0.3, -0.25) is 4.79 Å². The fourth-order valence-corrected chi connectivity index (χ4v) is 3.20. The first-order valence-corrected chi connectivity index (χ1v) is 8.90. The lowest BCUT2D eigenvalue weighted by Gasteiger charge is -2.33. The Bertz CT molecular complexity index is 560. The van der Waals surface area contributed by atoms with Gasteiger partial charge in [0.2, 0.25) is 0 Å². The summed E-state index contributed by atoms with van der Waals surface area (Å²) in [4.78, 5) is 23.5. The van der Waals surface area contributed by atoms with E-state index in [1.807, 2.05) is 11.8 Å². The number of carbonyl (C=O) groups excluding carboxylic acids is 1. The highest BCUT2D eigenvalue weighted by Crippen LogP contribution is 2.28. The molecule has 5 nitrogen and oxygen atoms in total. The number of nitrogens with zero attached hydrogens (tertiary/aromatic N) is 3. The number of amides is 1. The number of nitrogens with one attached hydrogen (secondary N) is 1. The van der Waals surface area contributed by atoms with E-state index in [1.165, 1.54) is 12.8 Å². The Balaban J connectivity index is 1.60. The first-order chi connectivity index (χ1) is 11.0. The van der Waals surface area contributed by atoms with E-state index < -0.39 is 0 Å². The third-order valence-corrected chi connectivity index (χ3v) is 4.89. The highest BCUT2D eigenvalue weighted by atomic mass is 16.2. The summed E-state index contributed by atoms with van der Waals surface area (Å²) >= 11 is 0. The summed E-state index contributed by atoms with van der Waals surface area (Å²) in [6.07, 6.45) is 6.56. The smallest absolute Gasteiger partial charge is 0.257 e. The summed E-state index contributed by atoms with van der Waals surface area (Å²) < 4.78 is 0. The Morgan fingerprint density at radius 2 is 2.00 bits per heavy atom. The quantitative estimate of drug-likeness (QED) is 0.907. The minimum Gasteiger partial charge on any atom is -0.338 e. The second-order valence-electron chi connectivity index (χ2n) is 7.29. The molecule has 126 valence electrons. The fraction of sp³-hybridized carbons (Fsp3) is 0.722. The van der Waals surface area contributed by atoms with Crippen LogP contribution in [0.2, 0.25) is 0 Å². The topological polar surface area (TPSA) is 58.1 Å². The van der Waals surface area contributed by atoms with Gasteiger partial charge in [-0.15, -0.1) is 0 Å². The summed E-state index contributed by atoms with van der Waals surface area (Å²) in [7, 11) is 0. The third-order valence-electron chi connectivity index (χ3n) is 4.89. The van der Waals surface area contributed by atoms with Crippen molar-refractivity contribution in [3.8, 4) is 0 Å². The third kappa shape index (κ3) is 4.08. The zero-order chi connectivity index (χ0) is 16.4. The average molecular weight is 316 g/mol. The average Bonchev–Trinajstić information content (AvgIpc) is 3.37. The minimum absolute atomic E-state index is 0.0920. The van der Waals surface area contributed by atoms with Crippen LogP contribution in [0.4, 0.5) is 0 Å². The number of carbonyl (C=O) groups is 1. The van der Waals surface area contributed by atoms with Gasteiger partial charge >= 0.3 is 0 Å². The van der Waals surface area contributed by atoms with Crippen molar-refractivity contribution in [1.82, 2.24) is 20.2 Å². The van der Waals surface area contributed by atoms with Gasteiger partial charge in [-0.25, -0.2) is 9.97 Å². The van der Waals surface area contributed by atoms with Crippen molar-refractivity contribution >= 4 is 5.91 Å². The van der Waals surface area contributed by atoms with Gasteiger partial charge in [0.05, 0.1) is 11.3 Å². The summed E-state index contributed by atoms with van der Waals surface area (Å²) in [6.45, 7) is 8.83. The Hall–Kier alpha value is -1.49. The van der Waals surface area contributed by atoms with Crippen LogP contribution in [-0.2, 0) is 0 Å². The van der Waals surface area contributed by atoms with Gasteiger partial charge < -0.3 is 10.2 Å². The number of aryl methyl sites for hydroxylation is 1. The molecule has 3 rings (SSSR count). The van der Waals surface area contributed by atoms with Crippen LogP contribution >= 0.6 is 0 Å². The molecule has 1 aromatic rings. The van der Waals surface area contributed by atoms with E-state index in [0.717, 1.165) is 49.9 Å². The molecule has 2 aliphatic rings. The van der Waals surface area contributed by atoms with Crippen molar-refractivity contribution < 1.29 is 4.79 Å². The lowest BCUT2D eigenvalue weighted by atomic mass is 10.0. The van der Waals surface area contributed by atoms with Gasteiger partial charge in [-0.1, -0.05) is 13.8 Å². The minimum atomic E-state index is 0.0920. The molecule has 1 aliphatic carbocycles. The molecular formula is C18H28N4O. The molecule has 0 atom stereocenters. The molecule has 0 bridgehead atoms. The van der Waals surface area contributed by atoms with Gasteiger partial charge in [0.25, 0.3) is 5.91 Å². The van der Waals surface area contributed by atoms with Gasteiger partial charge in [0.1, 0.15) is 5.82 Å². The van der Waals surface area contributed by atoms with Crippen LogP contribution in [-0.4, -0.2) is 46.5 Å². The molecule has 5 heteroatoms. The van der Waals surface area contributed by atoms with Crippen molar-refractivity contribution in [2.75, 3.05) is 19.6 Å². The molecule has 2 fully saturated rings. The van der Waals surface area contributed by atoms with Crippen LogP contribution in [0.25, 0.3) is 0 Å². The van der Waals surface area contributed by atoms with Crippen LogP contribution in [0.3, 0.4) is 0 Å². The molecule has 0 spiro atoms. The Labute approximate surface area is 138 Å². The number of rotatable bonds is 5. The molecule has 1 amide bonds. The van der Waals surface area contributed by atoms with Crippen molar-refractivity contribution in [1.29, 1.82) is 0 Å². The summed E-state index contributed by atoms with van der Waals surface area (Å²) in [5, 5.41) is 3.66. The molecule has 1 aromatic heterocycles. The highest BCUT2D eigenvalue weighted by molar-refractivity contribution is 5.95. The Kier molecular flexibility index (Phi) is 4.95. The van der Waals surface area contributed by atoms with Crippen LogP contribution in [0.15, 0.2) is 6.20 Å². The molecule has 1 saturated carbocycles. The zero-order valence-corrected chi connectivity index (χ0v) is 14.5. The van der Waals surface area contributed by atoms with E-state index in [2.05, 4.69) is 29.1 Å². The molecular weight excluding hydrogens is 288 g/mol. The molecule has 0 unspecified atom stereocenters. The Morgan fingerprint density at radius 3 is 2.61 bits per heavy atom. The normalized spacial score (nSPS) is 19.4. The van der Waals surface area contributed by atoms with E-state index in [1.54, 1.807) is 6.20 Å².